The van der Waals surface area contributed by atoms with Crippen LogP contribution in [0.1, 0.15) is 37.0 Å². The maximum atomic E-state index is 13.2. The van der Waals surface area contributed by atoms with Gasteiger partial charge in [-0.2, -0.15) is 4.31 Å². The number of benzene rings is 1. The first kappa shape index (κ1) is 23.2. The summed E-state index contributed by atoms with van der Waals surface area (Å²) in [5, 5.41) is 0. The lowest BCUT2D eigenvalue weighted by atomic mass is 10.1. The third-order valence-electron chi connectivity index (χ3n) is 6.19. The number of carbonyl (C=O) groups is 2. The number of piperazine rings is 1. The fourth-order valence-corrected chi connectivity index (χ4v) is 6.19. The molecule has 3 aliphatic heterocycles. The molecule has 3 heterocycles. The highest BCUT2D eigenvalue weighted by molar-refractivity contribution is 7.89. The van der Waals surface area contributed by atoms with Gasteiger partial charge in [-0.05, 0) is 44.9 Å². The topological polar surface area (TPSA) is 96.5 Å². The van der Waals surface area contributed by atoms with Gasteiger partial charge in [-0.15, -0.1) is 0 Å². The number of rotatable bonds is 4. The van der Waals surface area contributed by atoms with Crippen molar-refractivity contribution in [3.8, 4) is 0 Å². The van der Waals surface area contributed by atoms with Crippen LogP contribution < -0.4 is 0 Å². The second-order valence-corrected chi connectivity index (χ2v) is 10.7. The van der Waals surface area contributed by atoms with Gasteiger partial charge in [0.1, 0.15) is 6.10 Å². The summed E-state index contributed by atoms with van der Waals surface area (Å²) in [6.07, 6.45) is 0.916. The van der Waals surface area contributed by atoms with Crippen molar-refractivity contribution in [2.45, 2.75) is 49.9 Å². The molecule has 3 atom stereocenters. The first-order valence-electron chi connectivity index (χ1n) is 11.2. The van der Waals surface area contributed by atoms with Crippen LogP contribution in [0.3, 0.4) is 0 Å². The predicted molar refractivity (Wildman–Crippen MR) is 117 cm³/mol. The highest BCUT2D eigenvalue weighted by atomic mass is 32.2. The normalized spacial score (nSPS) is 27.5. The van der Waals surface area contributed by atoms with E-state index >= 15 is 0 Å². The van der Waals surface area contributed by atoms with Crippen molar-refractivity contribution in [3.63, 3.8) is 0 Å². The molecule has 0 bridgehead atoms. The molecule has 176 valence electrons. The van der Waals surface area contributed by atoms with Gasteiger partial charge in [0.15, 0.2) is 0 Å². The molecule has 10 heteroatoms. The van der Waals surface area contributed by atoms with Crippen molar-refractivity contribution in [2.75, 3.05) is 45.9 Å². The van der Waals surface area contributed by atoms with Crippen LogP contribution in [-0.4, -0.2) is 98.5 Å². The average Bonchev–Trinajstić information content (AvgIpc) is 3.33. The van der Waals surface area contributed by atoms with E-state index in [4.69, 9.17) is 9.47 Å². The number of hydrogen-bond donors (Lipinski definition) is 0. The predicted octanol–water partition coefficient (Wildman–Crippen LogP) is 0.948. The van der Waals surface area contributed by atoms with E-state index in [1.807, 2.05) is 13.8 Å². The molecule has 0 saturated carbocycles. The van der Waals surface area contributed by atoms with E-state index < -0.39 is 10.0 Å². The summed E-state index contributed by atoms with van der Waals surface area (Å²) >= 11 is 0. The number of hydrogen-bond acceptors (Lipinski definition) is 6. The molecular formula is C22H31N3O6S. The molecule has 3 unspecified atom stereocenters. The van der Waals surface area contributed by atoms with Crippen LogP contribution in [0.2, 0.25) is 0 Å². The average molecular weight is 466 g/mol. The summed E-state index contributed by atoms with van der Waals surface area (Å²) < 4.78 is 38.9. The lowest BCUT2D eigenvalue weighted by Gasteiger charge is -2.36. The minimum absolute atomic E-state index is 0.00309. The molecule has 3 aliphatic rings. The Balaban J connectivity index is 1.42. The number of morpholine rings is 1. The highest BCUT2D eigenvalue weighted by Crippen LogP contribution is 2.23. The Labute approximate surface area is 189 Å². The molecule has 2 amide bonds. The van der Waals surface area contributed by atoms with Crippen molar-refractivity contribution < 1.29 is 27.5 Å². The third-order valence-corrected chi connectivity index (χ3v) is 8.02. The molecule has 3 fully saturated rings. The quantitative estimate of drug-likeness (QED) is 0.657. The molecule has 0 aliphatic carbocycles. The van der Waals surface area contributed by atoms with Crippen LogP contribution in [0.5, 0.6) is 0 Å². The molecule has 1 aromatic rings. The molecule has 3 saturated heterocycles. The fraction of sp³-hybridized carbons (Fsp3) is 0.636. The number of amides is 2. The zero-order valence-corrected chi connectivity index (χ0v) is 19.4. The monoisotopic (exact) mass is 465 g/mol. The second-order valence-electron chi connectivity index (χ2n) is 8.73. The van der Waals surface area contributed by atoms with Crippen molar-refractivity contribution in [1.29, 1.82) is 0 Å². The summed E-state index contributed by atoms with van der Waals surface area (Å²) in [4.78, 5) is 29.1. The van der Waals surface area contributed by atoms with Crippen LogP contribution in [-0.2, 0) is 24.3 Å². The van der Waals surface area contributed by atoms with Gasteiger partial charge in [0.25, 0.3) is 11.8 Å². The van der Waals surface area contributed by atoms with Gasteiger partial charge in [-0.25, -0.2) is 8.42 Å². The Morgan fingerprint density at radius 1 is 1.00 bits per heavy atom. The zero-order chi connectivity index (χ0) is 22.9. The van der Waals surface area contributed by atoms with E-state index in [9.17, 15) is 18.0 Å². The van der Waals surface area contributed by atoms with E-state index in [0.717, 1.165) is 12.8 Å². The highest BCUT2D eigenvalue weighted by Gasteiger charge is 2.34. The molecule has 9 nitrogen and oxygen atoms in total. The minimum atomic E-state index is -3.73. The zero-order valence-electron chi connectivity index (χ0n) is 18.6. The molecule has 0 N–H and O–H groups in total. The molecule has 1 aromatic carbocycles. The van der Waals surface area contributed by atoms with Gasteiger partial charge in [0.05, 0.1) is 17.1 Å². The first-order valence-corrected chi connectivity index (χ1v) is 12.6. The summed E-state index contributed by atoms with van der Waals surface area (Å²) in [7, 11) is -3.73. The Morgan fingerprint density at radius 3 is 2.28 bits per heavy atom. The summed E-state index contributed by atoms with van der Waals surface area (Å²) in [5.74, 6) is -0.230. The fourth-order valence-electron chi connectivity index (χ4n) is 4.55. The SMILES string of the molecule is CC1CN(S(=O)(=O)c2cccc(C(=O)N3CCN(C(=O)C4CCCO4)CC3)c2)CC(C)O1. The summed E-state index contributed by atoms with van der Waals surface area (Å²) in [5.41, 5.74) is 0.333. The summed E-state index contributed by atoms with van der Waals surface area (Å²) in [6.45, 7) is 6.60. The number of carbonyl (C=O) groups excluding carboxylic acids is 2. The maximum Gasteiger partial charge on any atom is 0.254 e. The van der Waals surface area contributed by atoms with E-state index in [2.05, 4.69) is 0 Å². The summed E-state index contributed by atoms with van der Waals surface area (Å²) in [6, 6.07) is 6.21. The van der Waals surface area contributed by atoms with Gasteiger partial charge >= 0.3 is 0 Å². The van der Waals surface area contributed by atoms with Crippen molar-refractivity contribution in [2.24, 2.45) is 0 Å². The van der Waals surface area contributed by atoms with E-state index in [0.29, 0.717) is 38.3 Å². The van der Waals surface area contributed by atoms with Gasteiger partial charge in [-0.3, -0.25) is 9.59 Å². The van der Waals surface area contributed by atoms with Crippen LogP contribution in [0, 0.1) is 0 Å². The lowest BCUT2D eigenvalue weighted by Crippen LogP contribution is -2.52. The molecule has 0 spiro atoms. The van der Waals surface area contributed by atoms with Gasteiger partial charge < -0.3 is 19.3 Å². The van der Waals surface area contributed by atoms with Crippen molar-refractivity contribution in [1.82, 2.24) is 14.1 Å². The van der Waals surface area contributed by atoms with E-state index in [-0.39, 0.29) is 48.1 Å². The second kappa shape index (κ2) is 9.46. The standard InChI is InChI=1S/C22H31N3O6S/c1-16-14-25(15-17(2)31-16)32(28,29)19-6-3-5-18(13-19)21(26)23-8-10-24(11-9-23)22(27)20-7-4-12-30-20/h3,5-6,13,16-17,20H,4,7-12,14-15H2,1-2H3. The van der Waals surface area contributed by atoms with Crippen molar-refractivity contribution in [3.05, 3.63) is 29.8 Å². The minimum Gasteiger partial charge on any atom is -0.373 e. The Hall–Kier alpha value is -2.01. The Bertz CT molecular complexity index is 944. The number of nitrogens with zero attached hydrogens (tertiary/aromatic N) is 3. The first-order chi connectivity index (χ1) is 15.3. The van der Waals surface area contributed by atoms with Crippen LogP contribution in [0.25, 0.3) is 0 Å². The van der Waals surface area contributed by atoms with Crippen molar-refractivity contribution >= 4 is 21.8 Å². The third kappa shape index (κ3) is 4.83. The molecule has 0 aromatic heterocycles. The van der Waals surface area contributed by atoms with Gasteiger partial charge in [-0.1, -0.05) is 6.07 Å². The number of ether oxygens (including phenoxy) is 2. The van der Waals surface area contributed by atoms with Crippen LogP contribution in [0.4, 0.5) is 0 Å². The van der Waals surface area contributed by atoms with E-state index in [1.165, 1.54) is 16.4 Å². The lowest BCUT2D eigenvalue weighted by molar-refractivity contribution is -0.142. The molecule has 4 rings (SSSR count). The molecule has 32 heavy (non-hydrogen) atoms. The van der Waals surface area contributed by atoms with E-state index in [1.54, 1.807) is 21.9 Å². The Morgan fingerprint density at radius 2 is 1.66 bits per heavy atom. The molecular weight excluding hydrogens is 434 g/mol. The van der Waals surface area contributed by atoms with Crippen LogP contribution in [0.15, 0.2) is 29.2 Å². The maximum absolute atomic E-state index is 13.2. The number of sulfonamides is 1. The van der Waals surface area contributed by atoms with Gasteiger partial charge in [0, 0.05) is 51.4 Å². The smallest absolute Gasteiger partial charge is 0.254 e. The van der Waals surface area contributed by atoms with Gasteiger partial charge in [0.2, 0.25) is 10.0 Å². The van der Waals surface area contributed by atoms with Crippen LogP contribution >= 0.6 is 0 Å². The Kier molecular flexibility index (Phi) is 6.85. The largest absolute Gasteiger partial charge is 0.373 e. The molecule has 0 radical (unpaired) electrons.